The third-order valence-corrected chi connectivity index (χ3v) is 6.83. The van der Waals surface area contributed by atoms with Crippen molar-refractivity contribution in [1.29, 1.82) is 0 Å². The summed E-state index contributed by atoms with van der Waals surface area (Å²) in [5.41, 5.74) is 2.04. The van der Waals surface area contributed by atoms with E-state index in [1.165, 1.54) is 11.1 Å². The Hall–Kier alpha value is -3.67. The maximum atomic E-state index is 12.8. The van der Waals surface area contributed by atoms with Gasteiger partial charge in [0.05, 0.1) is 29.7 Å². The van der Waals surface area contributed by atoms with E-state index in [9.17, 15) is 18.3 Å². The number of aliphatic hydroxyl groups is 2. The van der Waals surface area contributed by atoms with Gasteiger partial charge in [0, 0.05) is 60.5 Å². The van der Waals surface area contributed by atoms with E-state index in [0.717, 1.165) is 10.2 Å². The van der Waals surface area contributed by atoms with Crippen LogP contribution < -0.4 is 0 Å². The molecule has 3 heterocycles. The highest BCUT2D eigenvalue weighted by Crippen LogP contribution is 2.31. The Kier molecular flexibility index (Phi) is 6.65. The molecule has 11 heteroatoms. The van der Waals surface area contributed by atoms with Crippen molar-refractivity contribution in [3.63, 3.8) is 0 Å². The fourth-order valence-electron chi connectivity index (χ4n) is 3.83. The summed E-state index contributed by atoms with van der Waals surface area (Å²) < 4.78 is 26.0. The van der Waals surface area contributed by atoms with Gasteiger partial charge in [-0.05, 0) is 49.7 Å². The summed E-state index contributed by atoms with van der Waals surface area (Å²) in [5.74, 6) is -0.0314. The molecule has 0 aliphatic heterocycles. The highest BCUT2D eigenvalue weighted by Gasteiger charge is 2.21. The molecule has 3 aromatic heterocycles. The minimum atomic E-state index is -3.65. The van der Waals surface area contributed by atoms with E-state index in [4.69, 9.17) is 5.11 Å². The monoisotopic (exact) mass is 509 g/mol. The number of likely N-dealkylation sites (N-methyl/N-ethyl adjacent to an activating group) is 1. The van der Waals surface area contributed by atoms with Gasteiger partial charge in [-0.2, -0.15) is 0 Å². The molecule has 1 aromatic carbocycles. The fraction of sp³-hybridized carbons (Fsp3) is 0.280. The van der Waals surface area contributed by atoms with Gasteiger partial charge in [0.2, 0.25) is 10.0 Å². The molecule has 0 saturated heterocycles. The zero-order valence-electron chi connectivity index (χ0n) is 20.4. The zero-order valence-corrected chi connectivity index (χ0v) is 21.2. The molecule has 36 heavy (non-hydrogen) atoms. The van der Waals surface area contributed by atoms with E-state index in [2.05, 4.69) is 15.0 Å². The lowest BCUT2D eigenvalue weighted by molar-refractivity contribution is 0.0765. The summed E-state index contributed by atoms with van der Waals surface area (Å²) in [7, 11) is -2.07. The highest BCUT2D eigenvalue weighted by atomic mass is 32.2. The topological polar surface area (TPSA) is 139 Å². The molecule has 4 aromatic rings. The van der Waals surface area contributed by atoms with Crippen LogP contribution in [0, 0.1) is 0 Å². The quantitative estimate of drug-likeness (QED) is 0.387. The van der Waals surface area contributed by atoms with E-state index in [-0.39, 0.29) is 24.9 Å². The van der Waals surface area contributed by atoms with Crippen molar-refractivity contribution in [1.82, 2.24) is 23.8 Å². The van der Waals surface area contributed by atoms with Gasteiger partial charge in [-0.25, -0.2) is 22.4 Å². The predicted molar refractivity (Wildman–Crippen MR) is 136 cm³/mol. The molecule has 10 nitrogen and oxygen atoms in total. The molecule has 2 N–H and O–H groups in total. The van der Waals surface area contributed by atoms with Crippen molar-refractivity contribution in [2.75, 3.05) is 26.5 Å². The Morgan fingerprint density at radius 3 is 2.42 bits per heavy atom. The molecule has 1 amide bonds. The van der Waals surface area contributed by atoms with Crippen molar-refractivity contribution in [3.8, 4) is 22.6 Å². The molecule has 4 rings (SSSR count). The summed E-state index contributed by atoms with van der Waals surface area (Å²) in [6.45, 7) is 3.36. The standard InChI is InChI=1S/C25H27N5O5S/c1-25(2,33)18-7-8-26-21(12-18)17-13-27-23(28-14-17)20-15-30(36(4,34)35)22-6-5-16(11-19(20)22)24(32)29(3)9-10-31/h5-8,11-15,31,33H,9-10H2,1-4H3. The number of amides is 1. The molecular weight excluding hydrogens is 482 g/mol. The van der Waals surface area contributed by atoms with E-state index >= 15 is 0 Å². The van der Waals surface area contributed by atoms with Crippen molar-refractivity contribution in [3.05, 3.63) is 66.2 Å². The molecule has 188 valence electrons. The molecule has 0 saturated carbocycles. The number of hydrogen-bond acceptors (Lipinski definition) is 8. The third kappa shape index (κ3) is 4.99. The first-order chi connectivity index (χ1) is 16.9. The van der Waals surface area contributed by atoms with Crippen LogP contribution in [0.5, 0.6) is 0 Å². The number of aromatic nitrogens is 4. The molecule has 0 spiro atoms. The number of rotatable bonds is 7. The van der Waals surface area contributed by atoms with Crippen LogP contribution in [0.2, 0.25) is 0 Å². The maximum Gasteiger partial charge on any atom is 0.253 e. The van der Waals surface area contributed by atoms with Crippen molar-refractivity contribution in [2.24, 2.45) is 0 Å². The average molecular weight is 510 g/mol. The first kappa shape index (κ1) is 25.4. The Balaban J connectivity index is 1.81. The highest BCUT2D eigenvalue weighted by molar-refractivity contribution is 7.89. The van der Waals surface area contributed by atoms with E-state index < -0.39 is 15.6 Å². The van der Waals surface area contributed by atoms with E-state index in [1.54, 1.807) is 69.8 Å². The number of carbonyl (C=O) groups excluding carboxylic acids is 1. The summed E-state index contributed by atoms with van der Waals surface area (Å²) in [6.07, 6.45) is 7.28. The SMILES string of the molecule is CN(CCO)C(=O)c1ccc2c(c1)c(-c1ncc(-c3cc(C(C)(C)O)ccn3)cn1)cn2S(C)(=O)=O. The van der Waals surface area contributed by atoms with Crippen LogP contribution in [0.1, 0.15) is 29.8 Å². The Morgan fingerprint density at radius 1 is 1.11 bits per heavy atom. The lowest BCUT2D eigenvalue weighted by Crippen LogP contribution is -2.29. The summed E-state index contributed by atoms with van der Waals surface area (Å²) >= 11 is 0. The lowest BCUT2D eigenvalue weighted by Gasteiger charge is -2.18. The van der Waals surface area contributed by atoms with E-state index in [1.807, 2.05) is 0 Å². The molecule has 0 aliphatic carbocycles. The van der Waals surface area contributed by atoms with Gasteiger partial charge in [0.1, 0.15) is 0 Å². The van der Waals surface area contributed by atoms with Gasteiger partial charge in [-0.1, -0.05) is 0 Å². The van der Waals surface area contributed by atoms with Gasteiger partial charge < -0.3 is 15.1 Å². The first-order valence-electron chi connectivity index (χ1n) is 11.1. The van der Waals surface area contributed by atoms with Crippen molar-refractivity contribution < 1.29 is 23.4 Å². The second-order valence-electron chi connectivity index (χ2n) is 9.07. The number of nitrogens with zero attached hydrogens (tertiary/aromatic N) is 5. The zero-order chi connectivity index (χ0) is 26.3. The number of benzene rings is 1. The van der Waals surface area contributed by atoms with Crippen molar-refractivity contribution in [2.45, 2.75) is 19.4 Å². The maximum absolute atomic E-state index is 12.8. The van der Waals surface area contributed by atoms with Gasteiger partial charge in [-0.3, -0.25) is 9.78 Å². The summed E-state index contributed by atoms with van der Waals surface area (Å²) in [4.78, 5) is 27.4. The van der Waals surface area contributed by atoms with Crippen LogP contribution in [0.4, 0.5) is 0 Å². The minimum absolute atomic E-state index is 0.168. The Morgan fingerprint density at radius 2 is 1.81 bits per heavy atom. The fourth-order valence-corrected chi connectivity index (χ4v) is 4.64. The Bertz CT molecular complexity index is 1540. The second kappa shape index (κ2) is 9.41. The molecule has 0 bridgehead atoms. The number of hydrogen-bond donors (Lipinski definition) is 2. The third-order valence-electron chi connectivity index (χ3n) is 5.81. The molecule has 0 atom stereocenters. The Labute approximate surface area is 208 Å². The molecule has 0 fully saturated rings. The smallest absolute Gasteiger partial charge is 0.253 e. The van der Waals surface area contributed by atoms with Crippen molar-refractivity contribution >= 4 is 26.8 Å². The van der Waals surface area contributed by atoms with Crippen LogP contribution in [-0.2, 0) is 15.6 Å². The summed E-state index contributed by atoms with van der Waals surface area (Å²) in [5, 5.41) is 19.9. The van der Waals surface area contributed by atoms with Gasteiger partial charge >= 0.3 is 0 Å². The predicted octanol–water partition coefficient (Wildman–Crippen LogP) is 2.26. The number of aliphatic hydroxyl groups excluding tert-OH is 1. The average Bonchev–Trinajstić information content (AvgIpc) is 3.23. The number of carbonyl (C=O) groups is 1. The second-order valence-corrected chi connectivity index (χ2v) is 10.9. The van der Waals surface area contributed by atoms with Crippen LogP contribution in [0.15, 0.2) is 55.1 Å². The normalized spacial score (nSPS) is 12.2. The van der Waals surface area contributed by atoms with Crippen LogP contribution in [-0.4, -0.2) is 74.8 Å². The number of fused-ring (bicyclic) bond motifs is 1. The summed E-state index contributed by atoms with van der Waals surface area (Å²) in [6, 6.07) is 8.22. The van der Waals surface area contributed by atoms with Gasteiger partial charge in [-0.15, -0.1) is 0 Å². The van der Waals surface area contributed by atoms with Crippen LogP contribution in [0.3, 0.4) is 0 Å². The van der Waals surface area contributed by atoms with Crippen LogP contribution in [0.25, 0.3) is 33.5 Å². The first-order valence-corrected chi connectivity index (χ1v) is 13.0. The van der Waals surface area contributed by atoms with E-state index in [0.29, 0.717) is 38.9 Å². The van der Waals surface area contributed by atoms with Gasteiger partial charge in [0.25, 0.3) is 5.91 Å². The largest absolute Gasteiger partial charge is 0.395 e. The van der Waals surface area contributed by atoms with Crippen LogP contribution >= 0.6 is 0 Å². The number of pyridine rings is 1. The lowest BCUT2D eigenvalue weighted by atomic mass is 9.98. The molecule has 0 unspecified atom stereocenters. The molecule has 0 radical (unpaired) electrons. The minimum Gasteiger partial charge on any atom is -0.395 e. The molecule has 0 aliphatic rings. The molecular formula is C25H27N5O5S. The van der Waals surface area contributed by atoms with Gasteiger partial charge in [0.15, 0.2) is 5.82 Å².